The Hall–Kier alpha value is -2.31. The van der Waals surface area contributed by atoms with Crippen molar-refractivity contribution in [1.82, 2.24) is 5.32 Å². The Morgan fingerprint density at radius 3 is 2.95 bits per heavy atom. The summed E-state index contributed by atoms with van der Waals surface area (Å²) in [6.07, 6.45) is 0.616. The molecule has 1 aliphatic rings. The Balaban J connectivity index is 1.52. The topological polar surface area (TPSA) is 83.7 Å². The molecule has 3 N–H and O–H groups in total. The van der Waals surface area contributed by atoms with Crippen molar-refractivity contribution in [3.8, 4) is 0 Å². The van der Waals surface area contributed by atoms with Crippen LogP contribution in [0.15, 0.2) is 41.0 Å². The smallest absolute Gasteiger partial charge is 0.319 e. The van der Waals surface area contributed by atoms with Crippen molar-refractivity contribution < 1.29 is 19.1 Å². The van der Waals surface area contributed by atoms with Crippen LogP contribution in [-0.2, 0) is 18.0 Å². The number of carbonyl (C=O) groups excluding carboxylic acids is 1. The molecule has 2 amide bonds. The highest BCUT2D eigenvalue weighted by atomic mass is 16.5. The molecule has 0 saturated heterocycles. The molecule has 0 fully saturated rings. The molecule has 0 bridgehead atoms. The maximum Gasteiger partial charge on any atom is 0.319 e. The van der Waals surface area contributed by atoms with E-state index in [-0.39, 0.29) is 12.6 Å². The van der Waals surface area contributed by atoms with E-state index in [1.165, 1.54) is 6.26 Å². The van der Waals surface area contributed by atoms with Gasteiger partial charge in [0.15, 0.2) is 0 Å². The fourth-order valence-electron chi connectivity index (χ4n) is 2.20. The number of fused-ring (bicyclic) bond motifs is 1. The minimum absolute atomic E-state index is 0.0768. The Bertz CT molecular complexity index is 625. The van der Waals surface area contributed by atoms with Crippen molar-refractivity contribution in [2.75, 3.05) is 11.9 Å². The molecule has 1 atom stereocenters. The number of carbonyl (C=O) groups is 1. The monoisotopic (exact) mass is 288 g/mol. The van der Waals surface area contributed by atoms with Crippen LogP contribution >= 0.6 is 0 Å². The first kappa shape index (κ1) is 13.7. The molecule has 0 aliphatic carbocycles. The standard InChI is InChI=1S/C15H16N2O4/c18-13(14-2-1-5-21-14)7-16-15(19)17-12-4-3-10-8-20-9-11(10)6-12/h1-6,13,18H,7-9H2,(H2,16,17,19). The van der Waals surface area contributed by atoms with Gasteiger partial charge in [0.1, 0.15) is 11.9 Å². The largest absolute Gasteiger partial charge is 0.467 e. The second-order valence-electron chi connectivity index (χ2n) is 4.84. The Morgan fingerprint density at radius 1 is 1.29 bits per heavy atom. The van der Waals surface area contributed by atoms with Gasteiger partial charge in [-0.1, -0.05) is 6.07 Å². The number of hydrogen-bond donors (Lipinski definition) is 3. The quantitative estimate of drug-likeness (QED) is 0.805. The van der Waals surface area contributed by atoms with Gasteiger partial charge in [-0.05, 0) is 35.4 Å². The summed E-state index contributed by atoms with van der Waals surface area (Å²) < 4.78 is 10.4. The SMILES string of the molecule is O=C(NCC(O)c1ccco1)Nc1ccc2c(c1)COC2. The predicted octanol–water partition coefficient (Wildman–Crippen LogP) is 2.16. The van der Waals surface area contributed by atoms with E-state index in [1.807, 2.05) is 18.2 Å². The summed E-state index contributed by atoms with van der Waals surface area (Å²) in [5, 5.41) is 15.1. The number of urea groups is 1. The fourth-order valence-corrected chi connectivity index (χ4v) is 2.20. The number of nitrogens with one attached hydrogen (secondary N) is 2. The second kappa shape index (κ2) is 5.99. The maximum absolute atomic E-state index is 11.8. The molecular weight excluding hydrogens is 272 g/mol. The van der Waals surface area contributed by atoms with Gasteiger partial charge >= 0.3 is 6.03 Å². The van der Waals surface area contributed by atoms with Crippen LogP contribution in [-0.4, -0.2) is 17.7 Å². The zero-order chi connectivity index (χ0) is 14.7. The number of benzene rings is 1. The predicted molar refractivity (Wildman–Crippen MR) is 75.6 cm³/mol. The summed E-state index contributed by atoms with van der Waals surface area (Å²) in [4.78, 5) is 11.8. The molecule has 2 heterocycles. The highest BCUT2D eigenvalue weighted by Gasteiger charge is 2.14. The summed E-state index contributed by atoms with van der Waals surface area (Å²) >= 11 is 0. The van der Waals surface area contributed by atoms with Crippen LogP contribution in [0, 0.1) is 0 Å². The molecule has 110 valence electrons. The number of anilines is 1. The van der Waals surface area contributed by atoms with Crippen molar-refractivity contribution in [1.29, 1.82) is 0 Å². The number of amides is 2. The lowest BCUT2D eigenvalue weighted by molar-refractivity contribution is 0.134. The average Bonchev–Trinajstić information content (AvgIpc) is 3.15. The van der Waals surface area contributed by atoms with E-state index in [2.05, 4.69) is 10.6 Å². The van der Waals surface area contributed by atoms with Crippen molar-refractivity contribution in [3.05, 3.63) is 53.5 Å². The van der Waals surface area contributed by atoms with Gasteiger partial charge < -0.3 is 24.9 Å². The number of rotatable bonds is 4. The van der Waals surface area contributed by atoms with Gasteiger partial charge in [0.05, 0.1) is 26.0 Å². The van der Waals surface area contributed by atoms with Crippen LogP contribution < -0.4 is 10.6 Å². The molecule has 1 aliphatic heterocycles. The highest BCUT2D eigenvalue weighted by molar-refractivity contribution is 5.89. The third kappa shape index (κ3) is 3.24. The van der Waals surface area contributed by atoms with Crippen molar-refractivity contribution >= 4 is 11.7 Å². The normalized spacial score (nSPS) is 14.5. The first-order valence-corrected chi connectivity index (χ1v) is 6.68. The van der Waals surface area contributed by atoms with Gasteiger partial charge in [0.2, 0.25) is 0 Å². The molecule has 3 rings (SSSR count). The maximum atomic E-state index is 11.8. The van der Waals surface area contributed by atoms with E-state index in [0.29, 0.717) is 24.7 Å². The van der Waals surface area contributed by atoms with E-state index >= 15 is 0 Å². The number of furan rings is 1. The second-order valence-corrected chi connectivity index (χ2v) is 4.84. The molecule has 1 aromatic heterocycles. The molecule has 6 nitrogen and oxygen atoms in total. The highest BCUT2D eigenvalue weighted by Crippen LogP contribution is 2.23. The van der Waals surface area contributed by atoms with E-state index in [4.69, 9.17) is 9.15 Å². The first-order valence-electron chi connectivity index (χ1n) is 6.68. The van der Waals surface area contributed by atoms with E-state index in [9.17, 15) is 9.90 Å². The molecule has 0 spiro atoms. The Labute approximate surface area is 121 Å². The van der Waals surface area contributed by atoms with Gasteiger partial charge in [0.25, 0.3) is 0 Å². The molecule has 21 heavy (non-hydrogen) atoms. The van der Waals surface area contributed by atoms with Gasteiger partial charge in [-0.2, -0.15) is 0 Å². The zero-order valence-electron chi connectivity index (χ0n) is 11.3. The van der Waals surface area contributed by atoms with Gasteiger partial charge in [0, 0.05) is 5.69 Å². The van der Waals surface area contributed by atoms with E-state index < -0.39 is 6.10 Å². The third-order valence-electron chi connectivity index (χ3n) is 3.31. The molecule has 0 radical (unpaired) electrons. The van der Waals surface area contributed by atoms with Crippen LogP contribution in [0.4, 0.5) is 10.5 Å². The summed E-state index contributed by atoms with van der Waals surface area (Å²) in [5.74, 6) is 0.421. The van der Waals surface area contributed by atoms with Gasteiger partial charge in [-0.25, -0.2) is 4.79 Å². The molecule has 1 aromatic carbocycles. The van der Waals surface area contributed by atoms with Gasteiger partial charge in [-0.3, -0.25) is 0 Å². The van der Waals surface area contributed by atoms with Gasteiger partial charge in [-0.15, -0.1) is 0 Å². The first-order chi connectivity index (χ1) is 10.2. The Kier molecular flexibility index (Phi) is 3.89. The van der Waals surface area contributed by atoms with Crippen molar-refractivity contribution in [2.45, 2.75) is 19.3 Å². The summed E-state index contributed by atoms with van der Waals surface area (Å²) in [6, 6.07) is 8.63. The lowest BCUT2D eigenvalue weighted by Gasteiger charge is -2.11. The molecule has 6 heteroatoms. The number of aliphatic hydroxyl groups excluding tert-OH is 1. The van der Waals surface area contributed by atoms with E-state index in [1.54, 1.807) is 12.1 Å². The average molecular weight is 288 g/mol. The molecule has 0 saturated carbocycles. The molecule has 2 aromatic rings. The minimum atomic E-state index is -0.862. The van der Waals surface area contributed by atoms with Crippen LogP contribution in [0.1, 0.15) is 23.0 Å². The van der Waals surface area contributed by atoms with Crippen molar-refractivity contribution in [2.24, 2.45) is 0 Å². The van der Waals surface area contributed by atoms with Crippen LogP contribution in [0.5, 0.6) is 0 Å². The van der Waals surface area contributed by atoms with Crippen LogP contribution in [0.2, 0.25) is 0 Å². The van der Waals surface area contributed by atoms with Crippen LogP contribution in [0.3, 0.4) is 0 Å². The number of aliphatic hydroxyl groups is 1. The molecule has 1 unspecified atom stereocenters. The Morgan fingerprint density at radius 2 is 2.14 bits per heavy atom. The van der Waals surface area contributed by atoms with Crippen LogP contribution in [0.25, 0.3) is 0 Å². The lowest BCUT2D eigenvalue weighted by Crippen LogP contribution is -2.32. The molecular formula is C15H16N2O4. The number of hydrogen-bond acceptors (Lipinski definition) is 4. The lowest BCUT2D eigenvalue weighted by atomic mass is 10.1. The summed E-state index contributed by atoms with van der Waals surface area (Å²) in [6.45, 7) is 1.27. The van der Waals surface area contributed by atoms with E-state index in [0.717, 1.165) is 11.1 Å². The zero-order valence-corrected chi connectivity index (χ0v) is 11.3. The minimum Gasteiger partial charge on any atom is -0.467 e. The van der Waals surface area contributed by atoms with Crippen molar-refractivity contribution in [3.63, 3.8) is 0 Å². The summed E-state index contributed by atoms with van der Waals surface area (Å²) in [7, 11) is 0. The fraction of sp³-hybridized carbons (Fsp3) is 0.267. The third-order valence-corrected chi connectivity index (χ3v) is 3.31. The summed E-state index contributed by atoms with van der Waals surface area (Å²) in [5.41, 5.74) is 2.93. The number of ether oxygens (including phenoxy) is 1.